The fourth-order valence-corrected chi connectivity index (χ4v) is 2.62. The SMILES string of the molecule is COCC(C)N1CC(C(C)(C)C)NCCC1C. The predicted molar refractivity (Wildman–Crippen MR) is 73.4 cm³/mol. The molecular weight excluding hydrogens is 212 g/mol. The topological polar surface area (TPSA) is 24.5 Å². The lowest BCUT2D eigenvalue weighted by Gasteiger charge is -2.38. The van der Waals surface area contributed by atoms with Gasteiger partial charge in [-0.25, -0.2) is 0 Å². The van der Waals surface area contributed by atoms with Crippen LogP contribution >= 0.6 is 0 Å². The van der Waals surface area contributed by atoms with E-state index in [2.05, 4.69) is 44.8 Å². The molecule has 0 amide bonds. The largest absolute Gasteiger partial charge is 0.383 e. The Balaban J connectivity index is 2.71. The van der Waals surface area contributed by atoms with E-state index in [1.54, 1.807) is 7.11 Å². The molecule has 0 aromatic carbocycles. The predicted octanol–water partition coefficient (Wildman–Crippen LogP) is 2.12. The van der Waals surface area contributed by atoms with Crippen molar-refractivity contribution >= 4 is 0 Å². The number of nitrogens with one attached hydrogen (secondary N) is 1. The van der Waals surface area contributed by atoms with Gasteiger partial charge in [-0.3, -0.25) is 4.90 Å². The van der Waals surface area contributed by atoms with Gasteiger partial charge in [0.25, 0.3) is 0 Å². The highest BCUT2D eigenvalue weighted by atomic mass is 16.5. The highest BCUT2D eigenvalue weighted by molar-refractivity contribution is 4.89. The van der Waals surface area contributed by atoms with E-state index in [1.807, 2.05) is 0 Å². The van der Waals surface area contributed by atoms with Crippen LogP contribution in [0.4, 0.5) is 0 Å². The third-order valence-electron chi connectivity index (χ3n) is 3.93. The highest BCUT2D eigenvalue weighted by Crippen LogP contribution is 2.24. The van der Waals surface area contributed by atoms with E-state index in [0.717, 1.165) is 19.7 Å². The van der Waals surface area contributed by atoms with Crippen LogP contribution in [0.5, 0.6) is 0 Å². The smallest absolute Gasteiger partial charge is 0.0615 e. The summed E-state index contributed by atoms with van der Waals surface area (Å²) in [5, 5.41) is 3.70. The molecule has 3 atom stereocenters. The van der Waals surface area contributed by atoms with Crippen LogP contribution in [0.25, 0.3) is 0 Å². The molecule has 1 aliphatic heterocycles. The van der Waals surface area contributed by atoms with E-state index in [0.29, 0.717) is 23.5 Å². The van der Waals surface area contributed by atoms with Crippen molar-refractivity contribution in [2.24, 2.45) is 5.41 Å². The van der Waals surface area contributed by atoms with Crippen LogP contribution in [0.15, 0.2) is 0 Å². The molecule has 3 nitrogen and oxygen atoms in total. The number of nitrogens with zero attached hydrogens (tertiary/aromatic N) is 1. The molecule has 102 valence electrons. The fourth-order valence-electron chi connectivity index (χ4n) is 2.62. The van der Waals surface area contributed by atoms with E-state index < -0.39 is 0 Å². The third-order valence-corrected chi connectivity index (χ3v) is 3.93. The van der Waals surface area contributed by atoms with Crippen molar-refractivity contribution in [3.63, 3.8) is 0 Å². The first-order chi connectivity index (χ1) is 7.86. The number of rotatable bonds is 3. The number of hydrogen-bond acceptors (Lipinski definition) is 3. The second-order valence-corrected chi connectivity index (χ2v) is 6.51. The van der Waals surface area contributed by atoms with Crippen molar-refractivity contribution < 1.29 is 4.74 Å². The molecule has 1 aliphatic rings. The zero-order valence-corrected chi connectivity index (χ0v) is 12.4. The van der Waals surface area contributed by atoms with Crippen LogP contribution in [0.3, 0.4) is 0 Å². The molecular formula is C14H30N2O. The van der Waals surface area contributed by atoms with Gasteiger partial charge in [-0.1, -0.05) is 20.8 Å². The van der Waals surface area contributed by atoms with Gasteiger partial charge >= 0.3 is 0 Å². The Labute approximate surface area is 107 Å². The average Bonchev–Trinajstić information content (AvgIpc) is 2.39. The van der Waals surface area contributed by atoms with Gasteiger partial charge in [0.15, 0.2) is 0 Å². The molecule has 3 heteroatoms. The monoisotopic (exact) mass is 242 g/mol. The van der Waals surface area contributed by atoms with Gasteiger partial charge in [-0.15, -0.1) is 0 Å². The molecule has 3 unspecified atom stereocenters. The van der Waals surface area contributed by atoms with Gasteiger partial charge in [0.2, 0.25) is 0 Å². The molecule has 0 aromatic rings. The lowest BCUT2D eigenvalue weighted by Crippen LogP contribution is -2.50. The number of ether oxygens (including phenoxy) is 1. The van der Waals surface area contributed by atoms with Crippen molar-refractivity contribution in [3.05, 3.63) is 0 Å². The summed E-state index contributed by atoms with van der Waals surface area (Å²) in [4.78, 5) is 2.60. The minimum atomic E-state index is 0.315. The summed E-state index contributed by atoms with van der Waals surface area (Å²) in [5.74, 6) is 0. The Hall–Kier alpha value is -0.120. The Morgan fingerprint density at radius 2 is 2.06 bits per heavy atom. The quantitative estimate of drug-likeness (QED) is 0.820. The standard InChI is InChI=1S/C14H30N2O/c1-11-7-8-15-13(14(3,4)5)9-16(11)12(2)10-17-6/h11-13,15H,7-10H2,1-6H3. The van der Waals surface area contributed by atoms with Crippen molar-refractivity contribution in [1.29, 1.82) is 0 Å². The second-order valence-electron chi connectivity index (χ2n) is 6.51. The Morgan fingerprint density at radius 3 is 2.59 bits per heavy atom. The maximum absolute atomic E-state index is 5.30. The summed E-state index contributed by atoms with van der Waals surface area (Å²) >= 11 is 0. The van der Waals surface area contributed by atoms with Crippen LogP contribution in [-0.2, 0) is 4.74 Å². The molecule has 17 heavy (non-hydrogen) atoms. The van der Waals surface area contributed by atoms with Crippen molar-refractivity contribution in [2.45, 2.75) is 59.2 Å². The maximum atomic E-state index is 5.30. The third kappa shape index (κ3) is 4.23. The first kappa shape index (κ1) is 14.9. The molecule has 1 fully saturated rings. The van der Waals surface area contributed by atoms with Gasteiger partial charge in [-0.05, 0) is 32.2 Å². The molecule has 1 heterocycles. The van der Waals surface area contributed by atoms with Crippen LogP contribution in [-0.4, -0.2) is 49.8 Å². The van der Waals surface area contributed by atoms with E-state index in [1.165, 1.54) is 6.42 Å². The number of hydrogen-bond donors (Lipinski definition) is 1. The summed E-state index contributed by atoms with van der Waals surface area (Å²) in [7, 11) is 1.79. The van der Waals surface area contributed by atoms with E-state index in [-0.39, 0.29) is 0 Å². The first-order valence-corrected chi connectivity index (χ1v) is 6.84. The van der Waals surface area contributed by atoms with Crippen molar-refractivity contribution in [2.75, 3.05) is 26.8 Å². The number of methoxy groups -OCH3 is 1. The summed E-state index contributed by atoms with van der Waals surface area (Å²) in [5.41, 5.74) is 0.315. The Bertz CT molecular complexity index is 225. The highest BCUT2D eigenvalue weighted by Gasteiger charge is 2.32. The molecule has 0 aromatic heterocycles. The molecule has 0 bridgehead atoms. The summed E-state index contributed by atoms with van der Waals surface area (Å²) < 4.78 is 5.30. The van der Waals surface area contributed by atoms with Gasteiger partial charge in [0.1, 0.15) is 0 Å². The van der Waals surface area contributed by atoms with Crippen LogP contribution in [0, 0.1) is 5.41 Å². The van der Waals surface area contributed by atoms with Gasteiger partial charge in [-0.2, -0.15) is 0 Å². The van der Waals surface area contributed by atoms with Gasteiger partial charge in [0.05, 0.1) is 6.61 Å². The van der Waals surface area contributed by atoms with Crippen LogP contribution in [0.1, 0.15) is 41.0 Å². The Morgan fingerprint density at radius 1 is 1.41 bits per heavy atom. The van der Waals surface area contributed by atoms with Gasteiger partial charge < -0.3 is 10.1 Å². The van der Waals surface area contributed by atoms with Crippen LogP contribution < -0.4 is 5.32 Å². The normalized spacial score (nSPS) is 30.0. The van der Waals surface area contributed by atoms with Crippen molar-refractivity contribution in [1.82, 2.24) is 10.2 Å². The molecule has 0 spiro atoms. The first-order valence-electron chi connectivity index (χ1n) is 6.84. The van der Waals surface area contributed by atoms with E-state index >= 15 is 0 Å². The Kier molecular flexibility index (Phi) is 5.42. The molecule has 0 aliphatic carbocycles. The summed E-state index contributed by atoms with van der Waals surface area (Å²) in [6.07, 6.45) is 1.22. The molecule has 0 radical (unpaired) electrons. The molecule has 1 rings (SSSR count). The average molecular weight is 242 g/mol. The van der Waals surface area contributed by atoms with Crippen LogP contribution in [0.2, 0.25) is 0 Å². The molecule has 0 saturated carbocycles. The zero-order valence-electron chi connectivity index (χ0n) is 12.4. The lowest BCUT2D eigenvalue weighted by atomic mass is 9.86. The minimum absolute atomic E-state index is 0.315. The lowest BCUT2D eigenvalue weighted by molar-refractivity contribution is 0.0633. The zero-order chi connectivity index (χ0) is 13.1. The summed E-state index contributed by atoms with van der Waals surface area (Å²) in [6.45, 7) is 14.6. The maximum Gasteiger partial charge on any atom is 0.0615 e. The fraction of sp³-hybridized carbons (Fsp3) is 1.00. The van der Waals surface area contributed by atoms with Gasteiger partial charge in [0, 0.05) is 31.8 Å². The van der Waals surface area contributed by atoms with E-state index in [4.69, 9.17) is 4.74 Å². The molecule has 1 saturated heterocycles. The minimum Gasteiger partial charge on any atom is -0.383 e. The second kappa shape index (κ2) is 6.17. The summed E-state index contributed by atoms with van der Waals surface area (Å²) in [6, 6.07) is 1.70. The molecule has 1 N–H and O–H groups in total. The van der Waals surface area contributed by atoms with Crippen molar-refractivity contribution in [3.8, 4) is 0 Å². The van der Waals surface area contributed by atoms with E-state index in [9.17, 15) is 0 Å².